The summed E-state index contributed by atoms with van der Waals surface area (Å²) in [5.74, 6) is 0. The lowest BCUT2D eigenvalue weighted by Gasteiger charge is -2.33. The van der Waals surface area contributed by atoms with E-state index in [1.165, 1.54) is 30.5 Å². The van der Waals surface area contributed by atoms with Gasteiger partial charge >= 0.3 is 0 Å². The summed E-state index contributed by atoms with van der Waals surface area (Å²) in [6.07, 6.45) is 5.42. The molecular weight excluding hydrogens is 176 g/mol. The average Bonchev–Trinajstić information content (AvgIpc) is 1.77. The van der Waals surface area contributed by atoms with Gasteiger partial charge in [-0.1, -0.05) is 42.6 Å². The van der Waals surface area contributed by atoms with Crippen molar-refractivity contribution in [3.8, 4) is 0 Å². The minimum atomic E-state index is 0.470. The van der Waals surface area contributed by atoms with Crippen LogP contribution >= 0.6 is 15.9 Å². The Balaban J connectivity index is 2.49. The van der Waals surface area contributed by atoms with Gasteiger partial charge < -0.3 is 0 Å². The normalized spacial score (nSPS) is 28.3. The van der Waals surface area contributed by atoms with E-state index >= 15 is 0 Å². The molecule has 1 saturated carbocycles. The van der Waals surface area contributed by atoms with Gasteiger partial charge in [0.15, 0.2) is 0 Å². The highest BCUT2D eigenvalue weighted by atomic mass is 79.9. The molecule has 53 valence electrons. The Bertz CT molecular complexity index is 96.7. The minimum Gasteiger partial charge on any atom is -0.0832 e. The van der Waals surface area contributed by atoms with E-state index in [4.69, 9.17) is 0 Å². The van der Waals surface area contributed by atoms with Crippen molar-refractivity contribution < 1.29 is 0 Å². The summed E-state index contributed by atoms with van der Waals surface area (Å²) in [6.45, 7) is 4.63. The van der Waals surface area contributed by atoms with Crippen molar-refractivity contribution in [2.75, 3.05) is 0 Å². The summed E-state index contributed by atoms with van der Waals surface area (Å²) in [7, 11) is 0. The first kappa shape index (κ1) is 7.59. The molecule has 1 aliphatic rings. The van der Waals surface area contributed by atoms with E-state index < -0.39 is 0 Å². The third kappa shape index (κ3) is 1.70. The van der Waals surface area contributed by atoms with Gasteiger partial charge in [0.05, 0.1) is 0 Å². The molecule has 1 aliphatic carbocycles. The molecule has 0 N–H and O–H groups in total. The van der Waals surface area contributed by atoms with Gasteiger partial charge in [-0.3, -0.25) is 0 Å². The summed E-state index contributed by atoms with van der Waals surface area (Å²) < 4.78 is 0. The molecule has 0 spiro atoms. The van der Waals surface area contributed by atoms with Gasteiger partial charge in [-0.05, 0) is 18.3 Å². The lowest BCUT2D eigenvalue weighted by Crippen LogP contribution is -2.21. The second-order valence-electron chi connectivity index (χ2n) is 3.50. The first-order chi connectivity index (χ1) is 4.13. The predicted molar refractivity (Wildman–Crippen MR) is 44.4 cm³/mol. The van der Waals surface area contributed by atoms with Gasteiger partial charge in [0.2, 0.25) is 0 Å². The van der Waals surface area contributed by atoms with Gasteiger partial charge in [-0.15, -0.1) is 0 Å². The van der Waals surface area contributed by atoms with Crippen molar-refractivity contribution in [3.05, 3.63) is 4.83 Å². The fourth-order valence-corrected chi connectivity index (χ4v) is 1.80. The van der Waals surface area contributed by atoms with E-state index in [1.807, 2.05) is 0 Å². The maximum Gasteiger partial charge on any atom is 0.0466 e. The monoisotopic (exact) mass is 189 g/mol. The molecule has 0 aliphatic heterocycles. The maximum absolute atomic E-state index is 3.63. The Morgan fingerprint density at radius 3 is 2.33 bits per heavy atom. The SMILES string of the molecule is CC1(C)CCCC[C]1Br. The van der Waals surface area contributed by atoms with Crippen LogP contribution in [0.3, 0.4) is 0 Å². The van der Waals surface area contributed by atoms with Crippen LogP contribution in [0.5, 0.6) is 0 Å². The van der Waals surface area contributed by atoms with Crippen LogP contribution in [0.15, 0.2) is 0 Å². The second-order valence-corrected chi connectivity index (χ2v) is 4.45. The zero-order valence-corrected chi connectivity index (χ0v) is 7.79. The zero-order valence-electron chi connectivity index (χ0n) is 6.21. The van der Waals surface area contributed by atoms with Crippen LogP contribution in [0.1, 0.15) is 39.5 Å². The van der Waals surface area contributed by atoms with Crippen molar-refractivity contribution in [1.82, 2.24) is 0 Å². The Kier molecular flexibility index (Phi) is 2.20. The van der Waals surface area contributed by atoms with Crippen LogP contribution in [0.2, 0.25) is 0 Å². The largest absolute Gasteiger partial charge is 0.0832 e. The highest BCUT2D eigenvalue weighted by molar-refractivity contribution is 9.11. The Hall–Kier alpha value is 0.480. The fraction of sp³-hybridized carbons (Fsp3) is 0.875. The van der Waals surface area contributed by atoms with E-state index in [0.717, 1.165) is 0 Å². The summed E-state index contributed by atoms with van der Waals surface area (Å²) in [5.41, 5.74) is 0.470. The maximum atomic E-state index is 3.63. The molecule has 0 unspecified atom stereocenters. The minimum absolute atomic E-state index is 0.470. The topological polar surface area (TPSA) is 0 Å². The zero-order chi connectivity index (χ0) is 6.91. The van der Waals surface area contributed by atoms with Gasteiger partial charge in [-0.25, -0.2) is 0 Å². The van der Waals surface area contributed by atoms with Crippen molar-refractivity contribution in [3.63, 3.8) is 0 Å². The molecular formula is C8H14Br. The van der Waals surface area contributed by atoms with Crippen LogP contribution < -0.4 is 0 Å². The van der Waals surface area contributed by atoms with Crippen LogP contribution in [0, 0.1) is 10.2 Å². The van der Waals surface area contributed by atoms with Crippen LogP contribution in [0.25, 0.3) is 0 Å². The molecule has 0 amide bonds. The molecule has 0 aromatic heterocycles. The quantitative estimate of drug-likeness (QED) is 0.548. The Labute approximate surface area is 66.2 Å². The standard InChI is InChI=1S/C8H14Br/c1-8(2)6-4-3-5-7(8)9/h3-6H2,1-2H3. The van der Waals surface area contributed by atoms with E-state index in [-0.39, 0.29) is 0 Å². The molecule has 0 aromatic rings. The van der Waals surface area contributed by atoms with Crippen molar-refractivity contribution >= 4 is 15.9 Å². The fourth-order valence-electron chi connectivity index (χ4n) is 1.32. The molecule has 1 heteroatoms. The molecule has 0 heterocycles. The first-order valence-electron chi connectivity index (χ1n) is 3.65. The molecule has 0 nitrogen and oxygen atoms in total. The summed E-state index contributed by atoms with van der Waals surface area (Å²) in [6, 6.07) is 0. The number of halogens is 1. The number of hydrogen-bond acceptors (Lipinski definition) is 0. The molecule has 9 heavy (non-hydrogen) atoms. The smallest absolute Gasteiger partial charge is 0.0466 e. The second kappa shape index (κ2) is 2.61. The molecule has 1 rings (SSSR count). The molecule has 0 atom stereocenters. The number of hydrogen-bond donors (Lipinski definition) is 0. The van der Waals surface area contributed by atoms with Crippen LogP contribution in [-0.2, 0) is 0 Å². The lowest BCUT2D eigenvalue weighted by molar-refractivity contribution is 0.318. The lowest BCUT2D eigenvalue weighted by atomic mass is 9.77. The van der Waals surface area contributed by atoms with Gasteiger partial charge in [0.1, 0.15) is 0 Å². The van der Waals surface area contributed by atoms with E-state index in [1.54, 1.807) is 0 Å². The van der Waals surface area contributed by atoms with E-state index in [9.17, 15) is 0 Å². The van der Waals surface area contributed by atoms with E-state index in [0.29, 0.717) is 5.41 Å². The predicted octanol–water partition coefficient (Wildman–Crippen LogP) is 3.51. The third-order valence-corrected chi connectivity index (χ3v) is 3.65. The van der Waals surface area contributed by atoms with Gasteiger partial charge in [0.25, 0.3) is 0 Å². The van der Waals surface area contributed by atoms with Crippen molar-refractivity contribution in [1.29, 1.82) is 0 Å². The molecule has 0 saturated heterocycles. The first-order valence-corrected chi connectivity index (χ1v) is 4.44. The van der Waals surface area contributed by atoms with Gasteiger partial charge in [0, 0.05) is 4.83 Å². The van der Waals surface area contributed by atoms with Crippen LogP contribution in [0.4, 0.5) is 0 Å². The molecule has 0 bridgehead atoms. The van der Waals surface area contributed by atoms with Crippen molar-refractivity contribution in [2.45, 2.75) is 39.5 Å². The molecule has 0 aromatic carbocycles. The van der Waals surface area contributed by atoms with Gasteiger partial charge in [-0.2, -0.15) is 0 Å². The average molecular weight is 190 g/mol. The molecule has 1 radical (unpaired) electrons. The highest BCUT2D eigenvalue weighted by Gasteiger charge is 2.30. The summed E-state index contributed by atoms with van der Waals surface area (Å²) in [4.78, 5) is 1.52. The third-order valence-electron chi connectivity index (χ3n) is 2.18. The summed E-state index contributed by atoms with van der Waals surface area (Å²) in [5, 5.41) is 0. The molecule has 1 fully saturated rings. The number of rotatable bonds is 0. The summed E-state index contributed by atoms with van der Waals surface area (Å²) >= 11 is 3.63. The van der Waals surface area contributed by atoms with Crippen molar-refractivity contribution in [2.24, 2.45) is 5.41 Å². The Morgan fingerprint density at radius 1 is 1.33 bits per heavy atom. The van der Waals surface area contributed by atoms with Crippen LogP contribution in [-0.4, -0.2) is 0 Å². The van der Waals surface area contributed by atoms with E-state index in [2.05, 4.69) is 29.8 Å². The highest BCUT2D eigenvalue weighted by Crippen LogP contribution is 2.45. The Morgan fingerprint density at radius 2 is 2.00 bits per heavy atom.